The van der Waals surface area contributed by atoms with Gasteiger partial charge in [-0.3, -0.25) is 4.79 Å². The zero-order chi connectivity index (χ0) is 28.4. The molecule has 0 aliphatic rings. The Bertz CT molecular complexity index is 1180. The van der Waals surface area contributed by atoms with Crippen molar-refractivity contribution in [1.29, 1.82) is 0 Å². The number of carbonyl (C=O) groups excluding carboxylic acids is 1. The number of nitrogens with one attached hydrogen (secondary N) is 1. The van der Waals surface area contributed by atoms with Gasteiger partial charge in [-0.1, -0.05) is 30.3 Å². The zero-order valence-electron chi connectivity index (χ0n) is 23.6. The Kier molecular flexibility index (Phi) is 10.9. The topological polar surface area (TPSA) is 90.0 Å². The van der Waals surface area contributed by atoms with Crippen LogP contribution in [0.1, 0.15) is 56.8 Å². The normalized spacial score (nSPS) is 12.9. The number of nitrogens with zero attached hydrogens (tertiary/aromatic N) is 2. The molecule has 0 saturated carbocycles. The van der Waals surface area contributed by atoms with Crippen molar-refractivity contribution in [3.63, 3.8) is 0 Å². The van der Waals surface area contributed by atoms with E-state index in [1.54, 1.807) is 27.3 Å². The molecule has 0 aliphatic heterocycles. The molecule has 39 heavy (non-hydrogen) atoms. The highest BCUT2D eigenvalue weighted by Gasteiger charge is 2.29. The Labute approximate surface area is 234 Å². The van der Waals surface area contributed by atoms with E-state index in [1.807, 2.05) is 81.4 Å². The lowest BCUT2D eigenvalue weighted by Gasteiger charge is -2.30. The first-order valence-corrected chi connectivity index (χ1v) is 14.1. The Balaban J connectivity index is 2.04. The molecule has 0 aliphatic carbocycles. The average molecular weight is 554 g/mol. The van der Waals surface area contributed by atoms with Crippen LogP contribution in [-0.2, 0) is 33.6 Å². The van der Waals surface area contributed by atoms with Crippen LogP contribution in [0.4, 0.5) is 5.82 Å². The molecule has 3 aromatic rings. The van der Waals surface area contributed by atoms with Crippen molar-refractivity contribution in [2.45, 2.75) is 58.0 Å². The van der Waals surface area contributed by atoms with Crippen molar-refractivity contribution in [2.24, 2.45) is 0 Å². The van der Waals surface area contributed by atoms with Gasteiger partial charge >= 0.3 is 5.97 Å². The smallest absolute Gasteiger partial charge is 0.307 e. The van der Waals surface area contributed by atoms with Crippen LogP contribution in [0.15, 0.2) is 66.9 Å². The monoisotopic (exact) mass is 553 g/mol. The molecule has 0 fully saturated rings. The SMILES string of the molecule is CCOC(=O)C[C@@H](N[S@](=O)C(C)(C)C)c1cccnc1N(Cc1ccc(OC)cc1)Cc1ccc(OC)cc1. The predicted molar refractivity (Wildman–Crippen MR) is 155 cm³/mol. The molecule has 0 amide bonds. The summed E-state index contributed by atoms with van der Waals surface area (Å²) in [5.41, 5.74) is 2.90. The fraction of sp³-hybridized carbons (Fsp3) is 0.400. The van der Waals surface area contributed by atoms with Gasteiger partial charge in [0.15, 0.2) is 0 Å². The molecule has 0 spiro atoms. The van der Waals surface area contributed by atoms with Crippen molar-refractivity contribution < 1.29 is 23.2 Å². The van der Waals surface area contributed by atoms with Crippen LogP contribution in [-0.4, -0.2) is 40.7 Å². The Morgan fingerprint density at radius 2 is 1.49 bits per heavy atom. The molecule has 0 radical (unpaired) electrons. The summed E-state index contributed by atoms with van der Waals surface area (Å²) in [7, 11) is 1.86. The van der Waals surface area contributed by atoms with Crippen molar-refractivity contribution in [3.8, 4) is 11.5 Å². The maximum Gasteiger partial charge on any atom is 0.307 e. The minimum atomic E-state index is -1.43. The van der Waals surface area contributed by atoms with E-state index in [0.29, 0.717) is 18.9 Å². The van der Waals surface area contributed by atoms with Gasteiger partial charge in [0.05, 0.1) is 49.0 Å². The molecule has 3 rings (SSSR count). The van der Waals surface area contributed by atoms with Gasteiger partial charge in [-0.2, -0.15) is 0 Å². The van der Waals surface area contributed by atoms with Crippen LogP contribution in [0.25, 0.3) is 0 Å². The van der Waals surface area contributed by atoms with Gasteiger partial charge in [0, 0.05) is 24.8 Å². The zero-order valence-corrected chi connectivity index (χ0v) is 24.4. The summed E-state index contributed by atoms with van der Waals surface area (Å²) < 4.78 is 31.7. The van der Waals surface area contributed by atoms with Crippen molar-refractivity contribution in [1.82, 2.24) is 9.71 Å². The summed E-state index contributed by atoms with van der Waals surface area (Å²) in [6.45, 7) is 8.82. The summed E-state index contributed by atoms with van der Waals surface area (Å²) in [6.07, 6.45) is 1.75. The van der Waals surface area contributed by atoms with Gasteiger partial charge in [-0.05, 0) is 69.2 Å². The van der Waals surface area contributed by atoms with Crippen molar-refractivity contribution in [3.05, 3.63) is 83.6 Å². The van der Waals surface area contributed by atoms with E-state index in [0.717, 1.165) is 28.2 Å². The van der Waals surface area contributed by atoms with E-state index in [4.69, 9.17) is 19.2 Å². The third kappa shape index (κ3) is 8.80. The molecule has 2 atom stereocenters. The second-order valence-electron chi connectivity index (χ2n) is 10.0. The number of pyridine rings is 1. The molecular formula is C30H39N3O5S. The maximum absolute atomic E-state index is 13.2. The van der Waals surface area contributed by atoms with Crippen LogP contribution >= 0.6 is 0 Å². The Morgan fingerprint density at radius 1 is 0.949 bits per heavy atom. The van der Waals surface area contributed by atoms with Gasteiger partial charge in [-0.25, -0.2) is 13.9 Å². The van der Waals surface area contributed by atoms with E-state index in [1.165, 1.54) is 0 Å². The predicted octanol–water partition coefficient (Wildman–Crippen LogP) is 5.35. The molecule has 0 saturated heterocycles. The number of esters is 1. The fourth-order valence-corrected chi connectivity index (χ4v) is 4.78. The number of ether oxygens (including phenoxy) is 3. The number of anilines is 1. The number of benzene rings is 2. The van der Waals surface area contributed by atoms with E-state index >= 15 is 0 Å². The van der Waals surface area contributed by atoms with Crippen LogP contribution in [0.3, 0.4) is 0 Å². The van der Waals surface area contributed by atoms with Gasteiger partial charge in [0.2, 0.25) is 0 Å². The van der Waals surface area contributed by atoms with Crippen LogP contribution in [0.5, 0.6) is 11.5 Å². The third-order valence-corrected chi connectivity index (χ3v) is 7.65. The number of hydrogen-bond acceptors (Lipinski definition) is 7. The summed E-state index contributed by atoms with van der Waals surface area (Å²) in [5, 5.41) is 0. The van der Waals surface area contributed by atoms with Crippen molar-refractivity contribution >= 4 is 22.8 Å². The maximum atomic E-state index is 13.2. The number of rotatable bonds is 13. The highest BCUT2D eigenvalue weighted by atomic mass is 32.2. The van der Waals surface area contributed by atoms with E-state index in [9.17, 15) is 9.00 Å². The molecule has 1 N–H and O–H groups in total. The summed E-state index contributed by atoms with van der Waals surface area (Å²) >= 11 is 0. The first-order valence-electron chi connectivity index (χ1n) is 12.9. The highest BCUT2D eigenvalue weighted by Crippen LogP contribution is 2.31. The Morgan fingerprint density at radius 3 is 1.95 bits per heavy atom. The number of aromatic nitrogens is 1. The van der Waals surface area contributed by atoms with E-state index in [-0.39, 0.29) is 19.0 Å². The van der Waals surface area contributed by atoms with E-state index in [2.05, 4.69) is 9.62 Å². The third-order valence-electron chi connectivity index (χ3n) is 6.04. The minimum Gasteiger partial charge on any atom is -0.497 e. The van der Waals surface area contributed by atoms with Gasteiger partial charge in [0.1, 0.15) is 17.3 Å². The largest absolute Gasteiger partial charge is 0.497 e. The second-order valence-corrected chi connectivity index (χ2v) is 12.0. The summed E-state index contributed by atoms with van der Waals surface area (Å²) in [4.78, 5) is 19.5. The second kappa shape index (κ2) is 14.1. The lowest BCUT2D eigenvalue weighted by Crippen LogP contribution is -2.37. The molecular weight excluding hydrogens is 514 g/mol. The first kappa shape index (κ1) is 30.1. The molecule has 0 bridgehead atoms. The van der Waals surface area contributed by atoms with Gasteiger partial charge in [0.25, 0.3) is 0 Å². The highest BCUT2D eigenvalue weighted by molar-refractivity contribution is 7.84. The fourth-order valence-electron chi connectivity index (χ4n) is 3.96. The van der Waals surface area contributed by atoms with Crippen LogP contribution in [0, 0.1) is 0 Å². The molecule has 1 aromatic heterocycles. The lowest BCUT2D eigenvalue weighted by molar-refractivity contribution is -0.143. The van der Waals surface area contributed by atoms with Gasteiger partial charge < -0.3 is 19.1 Å². The molecule has 210 valence electrons. The minimum absolute atomic E-state index is 0.0211. The molecule has 0 unspecified atom stereocenters. The van der Waals surface area contributed by atoms with Crippen molar-refractivity contribution in [2.75, 3.05) is 25.7 Å². The standard InChI is InChI=1S/C30H39N3O5S/c1-7-38-28(34)19-27(32-39(35)30(2,3)4)26-9-8-18-31-29(26)33(20-22-10-14-24(36-5)15-11-22)21-23-12-16-25(37-6)17-13-23/h8-18,27,32H,7,19-21H2,1-6H3/t27-,39-/m1/s1. The Hall–Kier alpha value is -3.43. The average Bonchev–Trinajstić information content (AvgIpc) is 2.92. The lowest BCUT2D eigenvalue weighted by atomic mass is 10.0. The quantitative estimate of drug-likeness (QED) is 0.285. The van der Waals surface area contributed by atoms with Crippen LogP contribution < -0.4 is 19.1 Å². The molecule has 8 nitrogen and oxygen atoms in total. The summed E-state index contributed by atoms with van der Waals surface area (Å²) in [6, 6.07) is 19.0. The summed E-state index contributed by atoms with van der Waals surface area (Å²) in [5.74, 6) is 1.88. The molecule has 1 heterocycles. The molecule has 2 aromatic carbocycles. The number of methoxy groups -OCH3 is 2. The van der Waals surface area contributed by atoms with Gasteiger partial charge in [-0.15, -0.1) is 0 Å². The number of hydrogen-bond donors (Lipinski definition) is 1. The first-order chi connectivity index (χ1) is 18.6. The van der Waals surface area contributed by atoms with E-state index < -0.39 is 21.8 Å². The number of carbonyl (C=O) groups is 1. The van der Waals surface area contributed by atoms with Crippen LogP contribution in [0.2, 0.25) is 0 Å². The molecule has 9 heteroatoms.